The molecule has 84 valence electrons. The summed E-state index contributed by atoms with van der Waals surface area (Å²) in [6.45, 7) is 0.690. The first-order valence-corrected chi connectivity index (χ1v) is 6.22. The Hall–Kier alpha value is -1.49. The van der Waals surface area contributed by atoms with Crippen molar-refractivity contribution in [1.82, 2.24) is 14.5 Å². The summed E-state index contributed by atoms with van der Waals surface area (Å²) in [5.74, 6) is 1.87. The van der Waals surface area contributed by atoms with Crippen molar-refractivity contribution in [3.8, 4) is 0 Å². The lowest BCUT2D eigenvalue weighted by molar-refractivity contribution is 0.810. The van der Waals surface area contributed by atoms with Crippen LogP contribution in [-0.2, 0) is 13.6 Å². The summed E-state index contributed by atoms with van der Waals surface area (Å²) in [5.41, 5.74) is 0. The van der Waals surface area contributed by atoms with Gasteiger partial charge in [0.25, 0.3) is 0 Å². The van der Waals surface area contributed by atoms with E-state index in [0.717, 1.165) is 11.6 Å². The van der Waals surface area contributed by atoms with Crippen molar-refractivity contribution in [3.05, 3.63) is 36.5 Å². The topological polar surface area (TPSA) is 42.7 Å². The van der Waals surface area contributed by atoms with Gasteiger partial charge in [0.1, 0.15) is 11.6 Å². The highest BCUT2D eigenvalue weighted by molar-refractivity contribution is 7.98. The third kappa shape index (κ3) is 2.55. The molecule has 2 rings (SSSR count). The minimum Gasteiger partial charge on any atom is -0.363 e. The van der Waals surface area contributed by atoms with Crippen LogP contribution in [0.2, 0.25) is 0 Å². The van der Waals surface area contributed by atoms with E-state index in [0.29, 0.717) is 6.54 Å². The summed E-state index contributed by atoms with van der Waals surface area (Å²) in [6.07, 6.45) is 7.63. The van der Waals surface area contributed by atoms with Crippen LogP contribution in [0.4, 0.5) is 5.82 Å². The van der Waals surface area contributed by atoms with Gasteiger partial charge in [0.15, 0.2) is 0 Å². The van der Waals surface area contributed by atoms with E-state index in [9.17, 15) is 0 Å². The third-order valence-electron chi connectivity index (χ3n) is 2.32. The first kappa shape index (κ1) is 11.0. The van der Waals surface area contributed by atoms with Gasteiger partial charge in [-0.05, 0) is 18.4 Å². The summed E-state index contributed by atoms with van der Waals surface area (Å²) in [5, 5.41) is 3.24. The molecule has 0 bridgehead atoms. The van der Waals surface area contributed by atoms with Gasteiger partial charge < -0.3 is 9.88 Å². The Balaban J connectivity index is 1.97. The van der Waals surface area contributed by atoms with Crippen LogP contribution in [-0.4, -0.2) is 20.8 Å². The molecular weight excluding hydrogens is 220 g/mol. The van der Waals surface area contributed by atoms with E-state index < -0.39 is 0 Å². The molecule has 0 atom stereocenters. The molecule has 0 aromatic carbocycles. The van der Waals surface area contributed by atoms with Gasteiger partial charge in [0.2, 0.25) is 0 Å². The third-order valence-corrected chi connectivity index (χ3v) is 3.03. The van der Waals surface area contributed by atoms with Crippen LogP contribution in [0.3, 0.4) is 0 Å². The summed E-state index contributed by atoms with van der Waals surface area (Å²) >= 11 is 1.69. The van der Waals surface area contributed by atoms with Crippen LogP contribution < -0.4 is 5.32 Å². The lowest BCUT2D eigenvalue weighted by Crippen LogP contribution is -2.06. The number of aromatic nitrogens is 3. The summed E-state index contributed by atoms with van der Waals surface area (Å²) in [4.78, 5) is 9.71. The first-order chi connectivity index (χ1) is 7.79. The maximum Gasteiger partial charge on any atom is 0.127 e. The molecule has 16 heavy (non-hydrogen) atoms. The Kier molecular flexibility index (Phi) is 3.46. The molecule has 2 aromatic rings. The minimum absolute atomic E-state index is 0.690. The Bertz CT molecular complexity index is 449. The van der Waals surface area contributed by atoms with Gasteiger partial charge in [-0.3, -0.25) is 0 Å². The minimum atomic E-state index is 0.690. The lowest BCUT2D eigenvalue weighted by atomic mass is 10.4. The number of pyridine rings is 1. The number of nitrogens with zero attached hydrogens (tertiary/aromatic N) is 3. The first-order valence-electron chi connectivity index (χ1n) is 4.99. The molecule has 0 spiro atoms. The molecule has 4 nitrogen and oxygen atoms in total. The Morgan fingerprint density at radius 1 is 1.38 bits per heavy atom. The predicted octanol–water partition coefficient (Wildman–Crippen LogP) is 2.15. The predicted molar refractivity (Wildman–Crippen MR) is 66.6 cm³/mol. The highest BCUT2D eigenvalue weighted by Gasteiger charge is 1.99. The average Bonchev–Trinajstić information content (AvgIpc) is 2.73. The fourth-order valence-corrected chi connectivity index (χ4v) is 1.70. The van der Waals surface area contributed by atoms with E-state index >= 15 is 0 Å². The fourth-order valence-electron chi connectivity index (χ4n) is 1.34. The maximum atomic E-state index is 4.31. The number of imidazole rings is 1. The SMILES string of the molecule is CSc1ccc(NCc2nccn2C)nc1. The van der Waals surface area contributed by atoms with E-state index in [4.69, 9.17) is 0 Å². The van der Waals surface area contributed by atoms with Crippen molar-refractivity contribution >= 4 is 17.6 Å². The molecular formula is C11H14N4S. The van der Waals surface area contributed by atoms with E-state index in [2.05, 4.69) is 21.4 Å². The van der Waals surface area contributed by atoms with Crippen molar-refractivity contribution in [2.45, 2.75) is 11.4 Å². The van der Waals surface area contributed by atoms with Gasteiger partial charge in [-0.25, -0.2) is 9.97 Å². The highest BCUT2D eigenvalue weighted by Crippen LogP contribution is 2.14. The average molecular weight is 234 g/mol. The van der Waals surface area contributed by atoms with Crippen molar-refractivity contribution < 1.29 is 0 Å². The monoisotopic (exact) mass is 234 g/mol. The molecule has 2 aromatic heterocycles. The van der Waals surface area contributed by atoms with Crippen LogP contribution >= 0.6 is 11.8 Å². The van der Waals surface area contributed by atoms with Crippen molar-refractivity contribution in [2.75, 3.05) is 11.6 Å². The van der Waals surface area contributed by atoms with Gasteiger partial charge in [0.05, 0.1) is 6.54 Å². The fraction of sp³-hybridized carbons (Fsp3) is 0.273. The van der Waals surface area contributed by atoms with Crippen LogP contribution in [0.5, 0.6) is 0 Å². The van der Waals surface area contributed by atoms with Crippen LogP contribution in [0.25, 0.3) is 0 Å². The Labute approximate surface area is 99.1 Å². The summed E-state index contributed by atoms with van der Waals surface area (Å²) in [7, 11) is 1.98. The zero-order valence-corrected chi connectivity index (χ0v) is 10.2. The zero-order valence-electron chi connectivity index (χ0n) is 9.34. The van der Waals surface area contributed by atoms with Gasteiger partial charge in [-0.1, -0.05) is 0 Å². The number of anilines is 1. The highest BCUT2D eigenvalue weighted by atomic mass is 32.2. The van der Waals surface area contributed by atoms with E-state index in [-0.39, 0.29) is 0 Å². The zero-order chi connectivity index (χ0) is 11.4. The van der Waals surface area contributed by atoms with Gasteiger partial charge in [-0.2, -0.15) is 0 Å². The van der Waals surface area contributed by atoms with Crippen molar-refractivity contribution in [1.29, 1.82) is 0 Å². The second-order valence-corrected chi connectivity index (χ2v) is 4.27. The summed E-state index contributed by atoms with van der Waals surface area (Å²) in [6, 6.07) is 4.03. The maximum absolute atomic E-state index is 4.31. The molecule has 2 heterocycles. The molecule has 0 unspecified atom stereocenters. The summed E-state index contributed by atoms with van der Waals surface area (Å²) < 4.78 is 1.99. The molecule has 0 aliphatic rings. The van der Waals surface area contributed by atoms with E-state index in [1.54, 1.807) is 18.0 Å². The van der Waals surface area contributed by atoms with Gasteiger partial charge >= 0.3 is 0 Å². The van der Waals surface area contributed by atoms with Crippen molar-refractivity contribution in [2.24, 2.45) is 7.05 Å². The van der Waals surface area contributed by atoms with Crippen LogP contribution in [0, 0.1) is 0 Å². The molecule has 0 saturated carbocycles. The number of nitrogens with one attached hydrogen (secondary N) is 1. The molecule has 0 aliphatic heterocycles. The van der Waals surface area contributed by atoms with Crippen LogP contribution in [0.15, 0.2) is 35.6 Å². The smallest absolute Gasteiger partial charge is 0.127 e. The van der Waals surface area contributed by atoms with Crippen LogP contribution in [0.1, 0.15) is 5.82 Å². The molecule has 0 fully saturated rings. The largest absolute Gasteiger partial charge is 0.363 e. The number of rotatable bonds is 4. The molecule has 0 saturated heterocycles. The molecule has 0 amide bonds. The molecule has 5 heteroatoms. The number of thioether (sulfide) groups is 1. The second kappa shape index (κ2) is 5.03. The lowest BCUT2D eigenvalue weighted by Gasteiger charge is -2.05. The molecule has 0 radical (unpaired) electrons. The van der Waals surface area contributed by atoms with Crippen molar-refractivity contribution in [3.63, 3.8) is 0 Å². The number of hydrogen-bond donors (Lipinski definition) is 1. The Morgan fingerprint density at radius 2 is 2.25 bits per heavy atom. The second-order valence-electron chi connectivity index (χ2n) is 3.39. The number of hydrogen-bond acceptors (Lipinski definition) is 4. The normalized spacial score (nSPS) is 10.4. The van der Waals surface area contributed by atoms with Gasteiger partial charge in [-0.15, -0.1) is 11.8 Å². The van der Waals surface area contributed by atoms with Gasteiger partial charge in [0, 0.05) is 30.5 Å². The molecule has 1 N–H and O–H groups in total. The Morgan fingerprint density at radius 3 is 2.81 bits per heavy atom. The van der Waals surface area contributed by atoms with E-state index in [1.165, 1.54) is 4.90 Å². The standard InChI is InChI=1S/C11H14N4S/c1-15-6-5-12-11(15)8-14-10-4-3-9(16-2)7-13-10/h3-7H,8H2,1-2H3,(H,13,14). The number of aryl methyl sites for hydroxylation is 1. The van der Waals surface area contributed by atoms with E-state index in [1.807, 2.05) is 36.3 Å². The molecule has 0 aliphatic carbocycles. The quantitative estimate of drug-likeness (QED) is 0.823.